The highest BCUT2D eigenvalue weighted by molar-refractivity contribution is 7.89. The predicted molar refractivity (Wildman–Crippen MR) is 95.9 cm³/mol. The van der Waals surface area contributed by atoms with E-state index in [0.717, 1.165) is 31.5 Å². The number of hydrogen-bond donors (Lipinski definition) is 1. The monoisotopic (exact) mass is 366 g/mol. The summed E-state index contributed by atoms with van der Waals surface area (Å²) >= 11 is 0. The number of hydrogen-bond acceptors (Lipinski definition) is 3. The molecule has 2 saturated heterocycles. The standard InChI is InChI=1S/C18H27N3O3S/c1-15-6-8-16(9-7-15)25(23,24)21-10-4-3-5-17(21)18(22)20-13-11-19(2)12-14-20/h6-9,17H,3-5,10-14H2,1-2H3/p+1. The highest BCUT2D eigenvalue weighted by Gasteiger charge is 2.40. The van der Waals surface area contributed by atoms with Crippen LogP contribution in [0.25, 0.3) is 0 Å². The lowest BCUT2D eigenvalue weighted by atomic mass is 10.0. The maximum Gasteiger partial charge on any atom is 0.243 e. The van der Waals surface area contributed by atoms with Crippen molar-refractivity contribution in [3.8, 4) is 0 Å². The fourth-order valence-corrected chi connectivity index (χ4v) is 5.26. The van der Waals surface area contributed by atoms with Crippen LogP contribution < -0.4 is 4.90 Å². The highest BCUT2D eigenvalue weighted by atomic mass is 32.2. The lowest BCUT2D eigenvalue weighted by molar-refractivity contribution is -0.883. The van der Waals surface area contributed by atoms with Crippen LogP contribution >= 0.6 is 0 Å². The molecule has 0 aliphatic carbocycles. The third kappa shape index (κ3) is 3.88. The van der Waals surface area contributed by atoms with Crippen molar-refractivity contribution in [1.29, 1.82) is 0 Å². The van der Waals surface area contributed by atoms with Crippen molar-refractivity contribution >= 4 is 15.9 Å². The Morgan fingerprint density at radius 1 is 1.08 bits per heavy atom. The van der Waals surface area contributed by atoms with Gasteiger partial charge in [-0.2, -0.15) is 4.31 Å². The van der Waals surface area contributed by atoms with Gasteiger partial charge in [-0.3, -0.25) is 4.79 Å². The van der Waals surface area contributed by atoms with Crippen molar-refractivity contribution in [2.45, 2.75) is 37.1 Å². The van der Waals surface area contributed by atoms with Crippen molar-refractivity contribution in [2.75, 3.05) is 39.8 Å². The van der Waals surface area contributed by atoms with E-state index in [4.69, 9.17) is 0 Å². The van der Waals surface area contributed by atoms with Gasteiger partial charge < -0.3 is 9.80 Å². The molecule has 2 aliphatic rings. The number of carbonyl (C=O) groups is 1. The number of benzene rings is 1. The average molecular weight is 367 g/mol. The number of carbonyl (C=O) groups excluding carboxylic acids is 1. The summed E-state index contributed by atoms with van der Waals surface area (Å²) in [5, 5.41) is 0. The molecule has 2 aliphatic heterocycles. The second-order valence-electron chi connectivity index (χ2n) is 7.22. The molecule has 7 heteroatoms. The molecule has 0 saturated carbocycles. The third-order valence-electron chi connectivity index (χ3n) is 5.29. The van der Waals surface area contributed by atoms with Gasteiger partial charge in [0.05, 0.1) is 38.1 Å². The summed E-state index contributed by atoms with van der Waals surface area (Å²) in [5.74, 6) is -0.0251. The smallest absolute Gasteiger partial charge is 0.243 e. The van der Waals surface area contributed by atoms with E-state index in [0.29, 0.717) is 26.1 Å². The summed E-state index contributed by atoms with van der Waals surface area (Å²) in [6, 6.07) is 6.33. The molecule has 1 amide bonds. The van der Waals surface area contributed by atoms with Gasteiger partial charge in [0.2, 0.25) is 15.9 Å². The second-order valence-corrected chi connectivity index (χ2v) is 9.11. The number of nitrogens with zero attached hydrogens (tertiary/aromatic N) is 2. The molecular formula is C18H28N3O3S+. The van der Waals surface area contributed by atoms with Crippen LogP contribution in [0.1, 0.15) is 24.8 Å². The SMILES string of the molecule is Cc1ccc(S(=O)(=O)N2CCCCC2C(=O)N2CC[NH+](C)CC2)cc1. The fourth-order valence-electron chi connectivity index (χ4n) is 3.60. The van der Waals surface area contributed by atoms with Crippen LogP contribution in [-0.2, 0) is 14.8 Å². The Labute approximate surface area is 150 Å². The van der Waals surface area contributed by atoms with Crippen LogP contribution in [0.15, 0.2) is 29.2 Å². The van der Waals surface area contributed by atoms with Gasteiger partial charge in [0.25, 0.3) is 0 Å². The molecule has 138 valence electrons. The van der Waals surface area contributed by atoms with E-state index in [9.17, 15) is 13.2 Å². The lowest BCUT2D eigenvalue weighted by Crippen LogP contribution is -3.12. The first-order valence-electron chi connectivity index (χ1n) is 9.08. The van der Waals surface area contributed by atoms with Crippen molar-refractivity contribution in [3.05, 3.63) is 29.8 Å². The minimum Gasteiger partial charge on any atom is -0.334 e. The maximum absolute atomic E-state index is 13.1. The minimum atomic E-state index is -3.64. The Bertz CT molecular complexity index is 710. The lowest BCUT2D eigenvalue weighted by Gasteiger charge is -2.38. The number of quaternary nitrogens is 1. The van der Waals surface area contributed by atoms with Gasteiger partial charge in [-0.05, 0) is 31.9 Å². The molecular weight excluding hydrogens is 338 g/mol. The topological polar surface area (TPSA) is 62.1 Å². The molecule has 6 nitrogen and oxygen atoms in total. The van der Waals surface area contributed by atoms with Crippen LogP contribution in [0.3, 0.4) is 0 Å². The van der Waals surface area contributed by atoms with Crippen molar-refractivity contribution in [2.24, 2.45) is 0 Å². The van der Waals surface area contributed by atoms with E-state index in [2.05, 4.69) is 7.05 Å². The average Bonchev–Trinajstić information content (AvgIpc) is 2.62. The summed E-state index contributed by atoms with van der Waals surface area (Å²) in [6.45, 7) is 5.61. The number of nitrogens with one attached hydrogen (secondary N) is 1. The first kappa shape index (κ1) is 18.4. The Balaban J connectivity index is 1.83. The van der Waals surface area contributed by atoms with Crippen LogP contribution in [0.2, 0.25) is 0 Å². The van der Waals surface area contributed by atoms with Crippen LogP contribution in [0.5, 0.6) is 0 Å². The van der Waals surface area contributed by atoms with Gasteiger partial charge in [0.1, 0.15) is 6.04 Å². The van der Waals surface area contributed by atoms with Gasteiger partial charge in [-0.15, -0.1) is 0 Å². The summed E-state index contributed by atoms with van der Waals surface area (Å²) in [6.07, 6.45) is 2.32. The molecule has 0 radical (unpaired) electrons. The highest BCUT2D eigenvalue weighted by Crippen LogP contribution is 2.26. The number of piperidine rings is 1. The molecule has 1 N–H and O–H groups in total. The van der Waals surface area contributed by atoms with Crippen LogP contribution in [0, 0.1) is 6.92 Å². The normalized spacial score (nSPS) is 23.6. The Morgan fingerprint density at radius 2 is 1.72 bits per heavy atom. The molecule has 3 rings (SSSR count). The quantitative estimate of drug-likeness (QED) is 0.812. The summed E-state index contributed by atoms with van der Waals surface area (Å²) in [4.78, 5) is 16.6. The number of piperazine rings is 1. The Morgan fingerprint density at radius 3 is 2.36 bits per heavy atom. The first-order chi connectivity index (χ1) is 11.9. The van der Waals surface area contributed by atoms with E-state index in [-0.39, 0.29) is 10.8 Å². The largest absolute Gasteiger partial charge is 0.334 e. The Kier molecular flexibility index (Phi) is 5.46. The number of likely N-dealkylation sites (N-methyl/N-ethyl adjacent to an activating group) is 1. The van der Waals surface area contributed by atoms with Gasteiger partial charge in [-0.25, -0.2) is 8.42 Å². The van der Waals surface area contributed by atoms with Gasteiger partial charge in [0, 0.05) is 6.54 Å². The molecule has 0 bridgehead atoms. The summed E-state index contributed by atoms with van der Waals surface area (Å²) in [7, 11) is -1.52. The van der Waals surface area contributed by atoms with Gasteiger partial charge >= 0.3 is 0 Å². The molecule has 1 unspecified atom stereocenters. The maximum atomic E-state index is 13.1. The molecule has 2 fully saturated rings. The number of sulfonamides is 1. The van der Waals surface area contributed by atoms with E-state index in [1.54, 1.807) is 24.3 Å². The summed E-state index contributed by atoms with van der Waals surface area (Å²) in [5.41, 5.74) is 1.02. The van der Waals surface area contributed by atoms with E-state index in [1.165, 1.54) is 9.21 Å². The van der Waals surface area contributed by atoms with Gasteiger partial charge in [-0.1, -0.05) is 24.1 Å². The molecule has 1 aromatic rings. The zero-order chi connectivity index (χ0) is 18.0. The zero-order valence-electron chi connectivity index (χ0n) is 15.1. The second kappa shape index (κ2) is 7.43. The zero-order valence-corrected chi connectivity index (χ0v) is 15.9. The minimum absolute atomic E-state index is 0.0251. The molecule has 1 atom stereocenters. The predicted octanol–water partition coefficient (Wildman–Crippen LogP) is -0.105. The molecule has 1 aromatic carbocycles. The van der Waals surface area contributed by atoms with E-state index < -0.39 is 16.1 Å². The molecule has 0 spiro atoms. The summed E-state index contributed by atoms with van der Waals surface area (Å²) < 4.78 is 27.6. The number of amides is 1. The fraction of sp³-hybridized carbons (Fsp3) is 0.611. The van der Waals surface area contributed by atoms with E-state index in [1.807, 2.05) is 11.8 Å². The molecule has 2 heterocycles. The Hall–Kier alpha value is -1.44. The van der Waals surface area contributed by atoms with Crippen LogP contribution in [0.4, 0.5) is 0 Å². The van der Waals surface area contributed by atoms with E-state index >= 15 is 0 Å². The first-order valence-corrected chi connectivity index (χ1v) is 10.5. The van der Waals surface area contributed by atoms with Crippen molar-refractivity contribution in [1.82, 2.24) is 9.21 Å². The third-order valence-corrected chi connectivity index (χ3v) is 7.22. The molecule has 25 heavy (non-hydrogen) atoms. The number of rotatable bonds is 3. The molecule has 0 aromatic heterocycles. The van der Waals surface area contributed by atoms with Gasteiger partial charge in [0.15, 0.2) is 0 Å². The van der Waals surface area contributed by atoms with Crippen molar-refractivity contribution < 1.29 is 18.1 Å². The van der Waals surface area contributed by atoms with Crippen LogP contribution in [-0.4, -0.2) is 69.3 Å². The van der Waals surface area contributed by atoms with Crippen molar-refractivity contribution in [3.63, 3.8) is 0 Å². The number of aryl methyl sites for hydroxylation is 1.